The Kier molecular flexibility index (Phi) is 7.47. The maximum Gasteiger partial charge on any atom is 0.187 e. The molecular formula is C27H41N5O. The minimum Gasteiger partial charge on any atom is -0.384 e. The quantitative estimate of drug-likeness (QED) is 0.466. The lowest BCUT2D eigenvalue weighted by molar-refractivity contribution is 0.141. The number of hydrogen-bond donors (Lipinski definition) is 0. The molecule has 2 aromatic heterocycles. The molecule has 2 heterocycles. The van der Waals surface area contributed by atoms with Crippen molar-refractivity contribution in [3.8, 4) is 0 Å². The summed E-state index contributed by atoms with van der Waals surface area (Å²) in [5, 5.41) is 15.1. The van der Waals surface area contributed by atoms with Crippen LogP contribution in [0.4, 0.5) is 5.69 Å². The van der Waals surface area contributed by atoms with Gasteiger partial charge in [0.2, 0.25) is 0 Å². The average Bonchev–Trinajstić information content (AvgIpc) is 3.30. The molecule has 0 bridgehead atoms. The summed E-state index contributed by atoms with van der Waals surface area (Å²) in [6.07, 6.45) is 4.64. The molecule has 3 rings (SSSR count). The van der Waals surface area contributed by atoms with Crippen LogP contribution in [0.2, 0.25) is 0 Å². The van der Waals surface area contributed by atoms with Crippen LogP contribution < -0.4 is 10.1 Å². The highest BCUT2D eigenvalue weighted by Gasteiger charge is 2.30. The van der Waals surface area contributed by atoms with Crippen LogP contribution in [0.5, 0.6) is 0 Å². The van der Waals surface area contributed by atoms with Crippen LogP contribution in [0.1, 0.15) is 84.0 Å². The number of aromatic nitrogens is 4. The monoisotopic (exact) mass is 451 g/mol. The lowest BCUT2D eigenvalue weighted by Crippen LogP contribution is -2.27. The number of unbranched alkanes of at least 4 members (excludes halogenated alkanes) is 1. The Labute approximate surface area is 199 Å². The molecule has 6 nitrogen and oxygen atoms in total. The van der Waals surface area contributed by atoms with Gasteiger partial charge < -0.3 is 9.64 Å². The maximum absolute atomic E-state index is 5.44. The molecule has 0 N–H and O–H groups in total. The van der Waals surface area contributed by atoms with Crippen LogP contribution in [-0.4, -0.2) is 46.6 Å². The van der Waals surface area contributed by atoms with E-state index in [1.54, 1.807) is 7.11 Å². The molecule has 0 amide bonds. The molecule has 3 aromatic rings. The standard InChI is InChI=1S/C27H41N5O/c1-10-12-15-31(11-2)21-14-13-20(19(3)16-21)17-22-23(26(4,5)6)30-32-24(22)28-29-25(32)27(7,8)18-33-9/h13-14,16-17H,10-12,15,18H2,1-9H3. The number of nitrogens with zero attached hydrogens (tertiary/aromatic N) is 5. The fourth-order valence-corrected chi connectivity index (χ4v) is 4.33. The van der Waals surface area contributed by atoms with Crippen molar-refractivity contribution in [3.63, 3.8) is 0 Å². The molecular weight excluding hydrogens is 410 g/mol. The molecule has 0 unspecified atom stereocenters. The molecule has 0 radical (unpaired) electrons. The number of aryl methyl sites for hydroxylation is 1. The third-order valence-electron chi connectivity index (χ3n) is 6.24. The maximum atomic E-state index is 5.44. The molecule has 0 spiro atoms. The summed E-state index contributed by atoms with van der Waals surface area (Å²) in [6.45, 7) is 20.1. The summed E-state index contributed by atoms with van der Waals surface area (Å²) in [7, 11) is 1.71. The van der Waals surface area contributed by atoms with Gasteiger partial charge in [-0.15, -0.1) is 10.2 Å². The summed E-state index contributed by atoms with van der Waals surface area (Å²) in [5.41, 5.74) is 5.15. The fraction of sp³-hybridized carbons (Fsp3) is 0.593. The third-order valence-corrected chi connectivity index (χ3v) is 6.24. The van der Waals surface area contributed by atoms with Gasteiger partial charge in [-0.3, -0.25) is 0 Å². The Bertz CT molecular complexity index is 1140. The van der Waals surface area contributed by atoms with Crippen molar-refractivity contribution in [1.29, 1.82) is 0 Å². The van der Waals surface area contributed by atoms with Crippen LogP contribution >= 0.6 is 0 Å². The Morgan fingerprint density at radius 1 is 1.09 bits per heavy atom. The first-order valence-electron chi connectivity index (χ1n) is 12.2. The molecule has 1 aromatic carbocycles. The first-order valence-corrected chi connectivity index (χ1v) is 12.2. The van der Waals surface area contributed by atoms with Gasteiger partial charge >= 0.3 is 0 Å². The van der Waals surface area contributed by atoms with Gasteiger partial charge in [0.15, 0.2) is 11.5 Å². The number of benzene rings is 1. The Morgan fingerprint density at radius 2 is 1.82 bits per heavy atom. The van der Waals surface area contributed by atoms with Gasteiger partial charge in [0.25, 0.3) is 0 Å². The summed E-state index contributed by atoms with van der Waals surface area (Å²) in [4.78, 5) is 2.45. The third kappa shape index (κ3) is 5.21. The van der Waals surface area contributed by atoms with Gasteiger partial charge in [0.05, 0.1) is 17.7 Å². The van der Waals surface area contributed by atoms with Crippen molar-refractivity contribution in [2.75, 3.05) is 31.7 Å². The van der Waals surface area contributed by atoms with E-state index in [4.69, 9.17) is 9.84 Å². The molecule has 0 saturated carbocycles. The number of rotatable bonds is 9. The van der Waals surface area contributed by atoms with E-state index >= 15 is 0 Å². The predicted octanol–water partition coefficient (Wildman–Crippen LogP) is 4.83. The zero-order valence-electron chi connectivity index (χ0n) is 22.0. The second-order valence-corrected chi connectivity index (χ2v) is 10.7. The number of hydrogen-bond acceptors (Lipinski definition) is 5. The van der Waals surface area contributed by atoms with Crippen molar-refractivity contribution in [1.82, 2.24) is 19.8 Å². The summed E-state index contributed by atoms with van der Waals surface area (Å²) in [5.74, 6) is 0.825. The van der Waals surface area contributed by atoms with Gasteiger partial charge in [-0.1, -0.05) is 54.0 Å². The van der Waals surface area contributed by atoms with Crippen molar-refractivity contribution in [3.05, 3.63) is 46.1 Å². The van der Waals surface area contributed by atoms with Gasteiger partial charge in [0.1, 0.15) is 0 Å². The van der Waals surface area contributed by atoms with Crippen LogP contribution in [0.25, 0.3) is 11.7 Å². The second-order valence-electron chi connectivity index (χ2n) is 10.7. The fourth-order valence-electron chi connectivity index (χ4n) is 4.33. The topological polar surface area (TPSA) is 55.6 Å². The van der Waals surface area contributed by atoms with E-state index in [0.29, 0.717) is 6.61 Å². The minimum absolute atomic E-state index is 0.123. The highest BCUT2D eigenvalue weighted by atomic mass is 16.5. The molecule has 0 aliphatic rings. The number of methoxy groups -OCH3 is 1. The molecule has 0 atom stereocenters. The largest absolute Gasteiger partial charge is 0.384 e. The van der Waals surface area contributed by atoms with E-state index in [2.05, 4.69) is 94.8 Å². The minimum atomic E-state index is -0.290. The molecule has 0 aliphatic heterocycles. The van der Waals surface area contributed by atoms with Gasteiger partial charge in [-0.25, -0.2) is 0 Å². The first kappa shape index (κ1) is 25.2. The zero-order valence-corrected chi connectivity index (χ0v) is 22.0. The van der Waals surface area contributed by atoms with E-state index < -0.39 is 0 Å². The SMILES string of the molecule is CCCCN(CC)c1ccc(C=c2c(C(C)(C)C)nn3c(C(C)(C)COC)nnc23)c(C)c1. The lowest BCUT2D eigenvalue weighted by atomic mass is 9.90. The van der Waals surface area contributed by atoms with Gasteiger partial charge in [-0.05, 0) is 49.6 Å². The Morgan fingerprint density at radius 3 is 2.39 bits per heavy atom. The van der Waals surface area contributed by atoms with Crippen molar-refractivity contribution in [2.24, 2.45) is 0 Å². The van der Waals surface area contributed by atoms with E-state index in [9.17, 15) is 0 Å². The lowest BCUT2D eigenvalue weighted by Gasteiger charge is -2.23. The van der Waals surface area contributed by atoms with Crippen LogP contribution in [0.15, 0.2) is 18.2 Å². The molecule has 0 fully saturated rings. The van der Waals surface area contributed by atoms with E-state index in [-0.39, 0.29) is 10.8 Å². The van der Waals surface area contributed by atoms with Gasteiger partial charge in [-0.2, -0.15) is 9.61 Å². The van der Waals surface area contributed by atoms with Crippen LogP contribution in [0.3, 0.4) is 0 Å². The number of anilines is 1. The van der Waals surface area contributed by atoms with Crippen LogP contribution in [0, 0.1) is 6.92 Å². The van der Waals surface area contributed by atoms with E-state index in [0.717, 1.165) is 35.5 Å². The number of ether oxygens (including phenoxy) is 1. The highest BCUT2D eigenvalue weighted by molar-refractivity contribution is 5.64. The molecule has 0 aliphatic carbocycles. The van der Waals surface area contributed by atoms with Crippen molar-refractivity contribution >= 4 is 17.4 Å². The molecule has 6 heteroatoms. The Hall–Kier alpha value is -2.47. The summed E-state index contributed by atoms with van der Waals surface area (Å²) >= 11 is 0. The number of fused-ring (bicyclic) bond motifs is 1. The van der Waals surface area contributed by atoms with Crippen molar-refractivity contribution < 1.29 is 4.74 Å². The van der Waals surface area contributed by atoms with Crippen LogP contribution in [-0.2, 0) is 15.6 Å². The summed E-state index contributed by atoms with van der Waals surface area (Å²) in [6, 6.07) is 6.76. The summed E-state index contributed by atoms with van der Waals surface area (Å²) < 4.78 is 7.35. The van der Waals surface area contributed by atoms with E-state index in [1.165, 1.54) is 29.7 Å². The predicted molar refractivity (Wildman–Crippen MR) is 137 cm³/mol. The van der Waals surface area contributed by atoms with Crippen molar-refractivity contribution in [2.45, 2.75) is 79.1 Å². The molecule has 0 saturated heterocycles. The highest BCUT2D eigenvalue weighted by Crippen LogP contribution is 2.25. The smallest absolute Gasteiger partial charge is 0.187 e. The van der Waals surface area contributed by atoms with Gasteiger partial charge in [0, 0.05) is 36.5 Å². The van der Waals surface area contributed by atoms with E-state index in [1.807, 2.05) is 4.52 Å². The average molecular weight is 452 g/mol. The molecule has 33 heavy (non-hydrogen) atoms. The molecule has 180 valence electrons. The zero-order chi connectivity index (χ0) is 24.4. The normalized spacial score (nSPS) is 13.3. The first-order chi connectivity index (χ1) is 15.5. The Balaban J connectivity index is 2.14. The second kappa shape index (κ2) is 9.80.